The van der Waals surface area contributed by atoms with E-state index in [9.17, 15) is 4.79 Å². The summed E-state index contributed by atoms with van der Waals surface area (Å²) in [5.74, 6) is -1.09. The maximum absolute atomic E-state index is 11.0. The molecule has 0 amide bonds. The van der Waals surface area contributed by atoms with Crippen LogP contribution in [0, 0.1) is 0 Å². The Labute approximate surface area is 110 Å². The van der Waals surface area contributed by atoms with Crippen molar-refractivity contribution in [3.8, 4) is 0 Å². The normalized spacial score (nSPS) is 10.6. The third kappa shape index (κ3) is 3.17. The molecule has 6 heteroatoms. The van der Waals surface area contributed by atoms with Crippen LogP contribution in [0.1, 0.15) is 21.7 Å². The topological polar surface area (TPSA) is 77.2 Å². The molecule has 0 bridgehead atoms. The van der Waals surface area contributed by atoms with Gasteiger partial charge in [0.25, 0.3) is 0 Å². The summed E-state index contributed by atoms with van der Waals surface area (Å²) >= 11 is 0. The summed E-state index contributed by atoms with van der Waals surface area (Å²) < 4.78 is 6.59. The van der Waals surface area contributed by atoms with Crippen LogP contribution in [-0.2, 0) is 24.3 Å². The largest absolute Gasteiger partial charge is 0.476 e. The van der Waals surface area contributed by atoms with Crippen molar-refractivity contribution in [2.24, 2.45) is 0 Å². The van der Waals surface area contributed by atoms with Gasteiger partial charge in [-0.05, 0) is 12.0 Å². The number of carbonyl (C=O) groups is 1. The van der Waals surface area contributed by atoms with Gasteiger partial charge in [0, 0.05) is 13.7 Å². The van der Waals surface area contributed by atoms with Gasteiger partial charge in [-0.3, -0.25) is 0 Å². The molecule has 1 heterocycles. The Bertz CT molecular complexity index is 552. The zero-order valence-electron chi connectivity index (χ0n) is 10.6. The predicted molar refractivity (Wildman–Crippen MR) is 67.8 cm³/mol. The van der Waals surface area contributed by atoms with E-state index in [4.69, 9.17) is 9.84 Å². The van der Waals surface area contributed by atoms with Crippen molar-refractivity contribution < 1.29 is 14.6 Å². The first-order valence-electron chi connectivity index (χ1n) is 5.91. The fraction of sp³-hybridized carbons (Fsp3) is 0.308. The van der Waals surface area contributed by atoms with Gasteiger partial charge in [0.2, 0.25) is 0 Å². The smallest absolute Gasteiger partial charge is 0.358 e. The van der Waals surface area contributed by atoms with E-state index in [2.05, 4.69) is 10.3 Å². The number of hydrogen-bond donors (Lipinski definition) is 1. The third-order valence-electron chi connectivity index (χ3n) is 2.78. The van der Waals surface area contributed by atoms with Gasteiger partial charge < -0.3 is 9.84 Å². The Morgan fingerprint density at radius 2 is 2.11 bits per heavy atom. The zero-order chi connectivity index (χ0) is 13.7. The molecule has 6 nitrogen and oxygen atoms in total. The number of carboxylic acids is 1. The molecule has 0 fully saturated rings. The molecule has 1 aromatic heterocycles. The number of nitrogens with zero attached hydrogens (tertiary/aromatic N) is 3. The first kappa shape index (κ1) is 13.2. The molecule has 19 heavy (non-hydrogen) atoms. The van der Waals surface area contributed by atoms with E-state index >= 15 is 0 Å². The van der Waals surface area contributed by atoms with Crippen molar-refractivity contribution in [1.82, 2.24) is 15.0 Å². The highest BCUT2D eigenvalue weighted by Crippen LogP contribution is 2.09. The van der Waals surface area contributed by atoms with Gasteiger partial charge in [0.15, 0.2) is 5.69 Å². The first-order chi connectivity index (χ1) is 9.22. The van der Waals surface area contributed by atoms with Crippen LogP contribution >= 0.6 is 0 Å². The van der Waals surface area contributed by atoms with E-state index in [1.165, 1.54) is 12.7 Å². The van der Waals surface area contributed by atoms with Crippen LogP contribution in [0.4, 0.5) is 0 Å². The van der Waals surface area contributed by atoms with Crippen LogP contribution in [0.3, 0.4) is 0 Å². The number of aromatic carboxylic acids is 1. The molecule has 0 spiro atoms. The van der Waals surface area contributed by atoms with Crippen molar-refractivity contribution in [2.75, 3.05) is 7.11 Å². The number of methoxy groups -OCH3 is 1. The van der Waals surface area contributed by atoms with E-state index in [1.807, 2.05) is 30.3 Å². The fourth-order valence-corrected chi connectivity index (χ4v) is 1.84. The van der Waals surface area contributed by atoms with Crippen LogP contribution in [0.5, 0.6) is 0 Å². The van der Waals surface area contributed by atoms with Gasteiger partial charge in [-0.15, -0.1) is 5.10 Å². The highest BCUT2D eigenvalue weighted by molar-refractivity contribution is 5.86. The van der Waals surface area contributed by atoms with E-state index in [-0.39, 0.29) is 12.3 Å². The number of carboxylic acid groups (broad SMARTS) is 1. The minimum absolute atomic E-state index is 0.0464. The van der Waals surface area contributed by atoms with Gasteiger partial charge in [-0.2, -0.15) is 0 Å². The molecule has 100 valence electrons. The molecule has 0 saturated carbocycles. The second-order valence-electron chi connectivity index (χ2n) is 4.08. The van der Waals surface area contributed by atoms with E-state index < -0.39 is 5.97 Å². The number of rotatable bonds is 6. The Balaban J connectivity index is 2.14. The van der Waals surface area contributed by atoms with Gasteiger partial charge in [-0.25, -0.2) is 9.48 Å². The van der Waals surface area contributed by atoms with Crippen LogP contribution < -0.4 is 0 Å². The Kier molecular flexibility index (Phi) is 4.25. The van der Waals surface area contributed by atoms with Crippen LogP contribution in [0.25, 0.3) is 0 Å². The minimum Gasteiger partial charge on any atom is -0.476 e. The molecule has 0 aliphatic rings. The van der Waals surface area contributed by atoms with Crippen molar-refractivity contribution in [3.05, 3.63) is 47.3 Å². The molecule has 0 atom stereocenters. The molecule has 1 N–H and O–H groups in total. The quantitative estimate of drug-likeness (QED) is 0.849. The molecule has 1 aromatic carbocycles. The van der Waals surface area contributed by atoms with Crippen molar-refractivity contribution in [3.63, 3.8) is 0 Å². The lowest BCUT2D eigenvalue weighted by Crippen LogP contribution is -2.11. The zero-order valence-corrected chi connectivity index (χ0v) is 10.6. The number of benzene rings is 1. The monoisotopic (exact) mass is 261 g/mol. The molecule has 0 unspecified atom stereocenters. The van der Waals surface area contributed by atoms with E-state index in [1.54, 1.807) is 4.68 Å². The number of ether oxygens (including phenoxy) is 1. The van der Waals surface area contributed by atoms with Crippen LogP contribution in [-0.4, -0.2) is 33.2 Å². The number of aromatic nitrogens is 3. The average Bonchev–Trinajstić information content (AvgIpc) is 2.81. The van der Waals surface area contributed by atoms with E-state index in [0.717, 1.165) is 6.42 Å². The number of aryl methyl sites for hydroxylation is 2. The fourth-order valence-electron chi connectivity index (χ4n) is 1.84. The SMILES string of the molecule is COCc1c(C(=O)O)nnn1CCc1ccccc1. The Hall–Kier alpha value is -2.21. The van der Waals surface area contributed by atoms with Crippen molar-refractivity contribution in [2.45, 2.75) is 19.6 Å². The minimum atomic E-state index is -1.09. The summed E-state index contributed by atoms with van der Waals surface area (Å²) in [6.45, 7) is 0.756. The third-order valence-corrected chi connectivity index (χ3v) is 2.78. The molecule has 2 aromatic rings. The Morgan fingerprint density at radius 3 is 2.74 bits per heavy atom. The van der Waals surface area contributed by atoms with E-state index in [0.29, 0.717) is 12.2 Å². The van der Waals surface area contributed by atoms with Crippen LogP contribution in [0.15, 0.2) is 30.3 Å². The second-order valence-corrected chi connectivity index (χ2v) is 4.08. The lowest BCUT2D eigenvalue weighted by Gasteiger charge is -2.06. The summed E-state index contributed by atoms with van der Waals surface area (Å²) in [6.07, 6.45) is 0.764. The molecule has 0 aliphatic heterocycles. The highest BCUT2D eigenvalue weighted by Gasteiger charge is 2.18. The molecular weight excluding hydrogens is 246 g/mol. The van der Waals surface area contributed by atoms with Crippen LogP contribution in [0.2, 0.25) is 0 Å². The molecule has 0 saturated heterocycles. The predicted octanol–water partition coefficient (Wildman–Crippen LogP) is 1.37. The molecular formula is C13H15N3O3. The lowest BCUT2D eigenvalue weighted by atomic mass is 10.1. The summed E-state index contributed by atoms with van der Waals surface area (Å²) in [6, 6.07) is 9.93. The Morgan fingerprint density at radius 1 is 1.37 bits per heavy atom. The summed E-state index contributed by atoms with van der Waals surface area (Å²) in [5, 5.41) is 16.6. The summed E-state index contributed by atoms with van der Waals surface area (Å²) in [5.41, 5.74) is 1.61. The molecule has 0 aliphatic carbocycles. The first-order valence-corrected chi connectivity index (χ1v) is 5.91. The second kappa shape index (κ2) is 6.10. The van der Waals surface area contributed by atoms with Gasteiger partial charge >= 0.3 is 5.97 Å². The summed E-state index contributed by atoms with van der Waals surface area (Å²) in [7, 11) is 1.51. The van der Waals surface area contributed by atoms with Gasteiger partial charge in [-0.1, -0.05) is 35.5 Å². The van der Waals surface area contributed by atoms with Gasteiger partial charge in [0.05, 0.1) is 12.3 Å². The maximum Gasteiger partial charge on any atom is 0.358 e. The average molecular weight is 261 g/mol. The van der Waals surface area contributed by atoms with Gasteiger partial charge in [0.1, 0.15) is 0 Å². The lowest BCUT2D eigenvalue weighted by molar-refractivity contribution is 0.0684. The maximum atomic E-state index is 11.0. The summed E-state index contributed by atoms with van der Waals surface area (Å²) in [4.78, 5) is 11.0. The molecule has 2 rings (SSSR count). The van der Waals surface area contributed by atoms with Crippen molar-refractivity contribution in [1.29, 1.82) is 0 Å². The number of hydrogen-bond acceptors (Lipinski definition) is 4. The highest BCUT2D eigenvalue weighted by atomic mass is 16.5. The van der Waals surface area contributed by atoms with Crippen molar-refractivity contribution >= 4 is 5.97 Å². The molecule has 0 radical (unpaired) electrons. The standard InChI is InChI=1S/C13H15N3O3/c1-19-9-11-12(13(17)18)14-15-16(11)8-7-10-5-3-2-4-6-10/h2-6H,7-9H2,1H3,(H,17,18).